The molecule has 1 fully saturated rings. The first-order valence-electron chi connectivity index (χ1n) is 7.69. The zero-order valence-corrected chi connectivity index (χ0v) is 13.4. The molecule has 1 aliphatic rings. The van der Waals surface area contributed by atoms with E-state index in [1.807, 2.05) is 0 Å². The van der Waals surface area contributed by atoms with Crippen LogP contribution >= 0.6 is 0 Å². The van der Waals surface area contributed by atoms with Crippen molar-refractivity contribution in [3.05, 3.63) is 70.3 Å². The van der Waals surface area contributed by atoms with Crippen LogP contribution in [0.3, 0.4) is 0 Å². The number of hydrogen-bond donors (Lipinski definition) is 2. The number of imide groups is 1. The Labute approximate surface area is 147 Å². The Balaban J connectivity index is 1.67. The fourth-order valence-electron chi connectivity index (χ4n) is 2.55. The number of nitrogens with zero attached hydrogens (tertiary/aromatic N) is 2. The minimum absolute atomic E-state index is 0.134. The smallest absolute Gasteiger partial charge is 0.269 e. The molecule has 9 heteroatoms. The van der Waals surface area contributed by atoms with Gasteiger partial charge in [-0.2, -0.15) is 0 Å². The van der Waals surface area contributed by atoms with Crippen LogP contribution in [0.1, 0.15) is 16.8 Å². The number of hydrogen-bond acceptors (Lipinski definition) is 6. The summed E-state index contributed by atoms with van der Waals surface area (Å²) in [5.41, 5.74) is 5.49. The van der Waals surface area contributed by atoms with E-state index in [0.29, 0.717) is 5.56 Å². The molecular formula is C17H14N4O5. The second-order valence-electron chi connectivity index (χ2n) is 5.56. The molecule has 0 radical (unpaired) electrons. The molecule has 1 saturated heterocycles. The predicted octanol–water partition coefficient (Wildman–Crippen LogP) is 1.16. The van der Waals surface area contributed by atoms with Crippen molar-refractivity contribution < 1.29 is 19.3 Å². The van der Waals surface area contributed by atoms with Gasteiger partial charge in [-0.25, -0.2) is 10.3 Å². The summed E-state index contributed by atoms with van der Waals surface area (Å²) in [5, 5.41) is 10.7. The average molecular weight is 354 g/mol. The van der Waals surface area contributed by atoms with Gasteiger partial charge in [-0.15, -0.1) is 0 Å². The molecule has 3 rings (SSSR count). The molecule has 132 valence electrons. The molecule has 3 amide bonds. The Bertz CT molecular complexity index is 866. The Morgan fingerprint density at radius 3 is 2.35 bits per heavy atom. The summed E-state index contributed by atoms with van der Waals surface area (Å²) in [7, 11) is 0. The maximum Gasteiger partial charge on any atom is 0.269 e. The normalized spacial score (nSPS) is 16.6. The highest BCUT2D eigenvalue weighted by atomic mass is 16.6. The van der Waals surface area contributed by atoms with Gasteiger partial charge in [0.2, 0.25) is 5.91 Å². The van der Waals surface area contributed by atoms with Crippen LogP contribution in [-0.2, 0) is 9.59 Å². The van der Waals surface area contributed by atoms with Crippen LogP contribution in [0, 0.1) is 10.1 Å². The third kappa shape index (κ3) is 3.42. The van der Waals surface area contributed by atoms with E-state index < -0.39 is 28.7 Å². The lowest BCUT2D eigenvalue weighted by molar-refractivity contribution is -0.384. The Morgan fingerprint density at radius 2 is 1.73 bits per heavy atom. The molecular weight excluding hydrogens is 340 g/mol. The standard InChI is InChI=1S/C17H14N4O5/c22-15-10-14(18-19-16(23)11-4-2-1-3-5-11)17(24)20(15)12-6-8-13(9-7-12)21(25)26/h1-9,14,18H,10H2,(H,19,23)/t14-/m1/s1. The fourth-order valence-corrected chi connectivity index (χ4v) is 2.55. The molecule has 0 aromatic heterocycles. The lowest BCUT2D eigenvalue weighted by Gasteiger charge is -2.15. The number of nitro benzene ring substituents is 1. The summed E-state index contributed by atoms with van der Waals surface area (Å²) in [5.74, 6) is -1.44. The number of nitro groups is 1. The van der Waals surface area contributed by atoms with Crippen molar-refractivity contribution in [3.63, 3.8) is 0 Å². The highest BCUT2D eigenvalue weighted by Crippen LogP contribution is 2.24. The topological polar surface area (TPSA) is 122 Å². The molecule has 1 atom stereocenters. The maximum absolute atomic E-state index is 12.4. The number of nitrogens with one attached hydrogen (secondary N) is 2. The fraction of sp³-hybridized carbons (Fsp3) is 0.118. The number of rotatable bonds is 5. The summed E-state index contributed by atoms with van der Waals surface area (Å²) in [6.07, 6.45) is -0.134. The summed E-state index contributed by atoms with van der Waals surface area (Å²) in [6, 6.07) is 12.6. The lowest BCUT2D eigenvalue weighted by atomic mass is 10.2. The molecule has 2 N–H and O–H groups in total. The summed E-state index contributed by atoms with van der Waals surface area (Å²) < 4.78 is 0. The van der Waals surface area contributed by atoms with Crippen LogP contribution in [0.2, 0.25) is 0 Å². The van der Waals surface area contributed by atoms with Gasteiger partial charge in [0, 0.05) is 17.7 Å². The van der Waals surface area contributed by atoms with Crippen molar-refractivity contribution in [1.29, 1.82) is 0 Å². The van der Waals surface area contributed by atoms with Gasteiger partial charge >= 0.3 is 0 Å². The van der Waals surface area contributed by atoms with E-state index in [2.05, 4.69) is 10.9 Å². The molecule has 26 heavy (non-hydrogen) atoms. The summed E-state index contributed by atoms with van der Waals surface area (Å²) in [4.78, 5) is 47.6. The van der Waals surface area contributed by atoms with Gasteiger partial charge in [-0.1, -0.05) is 18.2 Å². The number of non-ortho nitro benzene ring substituents is 1. The molecule has 2 aromatic rings. The molecule has 0 unspecified atom stereocenters. The number of benzene rings is 2. The minimum atomic E-state index is -0.912. The Morgan fingerprint density at radius 1 is 1.08 bits per heavy atom. The number of carbonyl (C=O) groups is 3. The first kappa shape index (κ1) is 17.2. The largest absolute Gasteiger partial charge is 0.287 e. The van der Waals surface area contributed by atoms with Crippen LogP contribution in [0.4, 0.5) is 11.4 Å². The molecule has 2 aromatic carbocycles. The van der Waals surface area contributed by atoms with Crippen LogP contribution in [0.5, 0.6) is 0 Å². The average Bonchev–Trinajstić information content (AvgIpc) is 2.94. The third-order valence-corrected chi connectivity index (χ3v) is 3.86. The highest BCUT2D eigenvalue weighted by Gasteiger charge is 2.39. The lowest BCUT2D eigenvalue weighted by Crippen LogP contribution is -2.48. The molecule has 9 nitrogen and oxygen atoms in total. The van der Waals surface area contributed by atoms with Gasteiger partial charge in [0.05, 0.1) is 17.0 Å². The van der Waals surface area contributed by atoms with Crippen molar-refractivity contribution >= 4 is 29.1 Å². The molecule has 0 aliphatic carbocycles. The zero-order chi connectivity index (χ0) is 18.7. The van der Waals surface area contributed by atoms with Crippen LogP contribution in [-0.4, -0.2) is 28.7 Å². The van der Waals surface area contributed by atoms with E-state index in [-0.39, 0.29) is 17.8 Å². The minimum Gasteiger partial charge on any atom is -0.287 e. The quantitative estimate of drug-likeness (QED) is 0.472. The van der Waals surface area contributed by atoms with Gasteiger partial charge in [-0.05, 0) is 24.3 Å². The SMILES string of the molecule is O=C(NN[C@@H]1CC(=O)N(c2ccc([N+](=O)[O-])cc2)C1=O)c1ccccc1. The van der Waals surface area contributed by atoms with Gasteiger partial charge in [-0.3, -0.25) is 29.9 Å². The second kappa shape index (κ2) is 7.11. The van der Waals surface area contributed by atoms with Crippen LogP contribution < -0.4 is 15.8 Å². The second-order valence-corrected chi connectivity index (χ2v) is 5.56. The molecule has 0 saturated carbocycles. The number of anilines is 1. The predicted molar refractivity (Wildman–Crippen MR) is 91.0 cm³/mol. The monoisotopic (exact) mass is 354 g/mol. The van der Waals surface area contributed by atoms with E-state index in [9.17, 15) is 24.5 Å². The summed E-state index contributed by atoms with van der Waals surface area (Å²) >= 11 is 0. The summed E-state index contributed by atoms with van der Waals surface area (Å²) in [6.45, 7) is 0. The van der Waals surface area contributed by atoms with Gasteiger partial charge in [0.15, 0.2) is 0 Å². The van der Waals surface area contributed by atoms with E-state index in [1.54, 1.807) is 30.3 Å². The van der Waals surface area contributed by atoms with Crippen molar-refractivity contribution in [2.75, 3.05) is 4.90 Å². The highest BCUT2D eigenvalue weighted by molar-refractivity contribution is 6.22. The van der Waals surface area contributed by atoms with Crippen molar-refractivity contribution in [1.82, 2.24) is 10.9 Å². The van der Waals surface area contributed by atoms with Crippen molar-refractivity contribution in [2.24, 2.45) is 0 Å². The van der Waals surface area contributed by atoms with E-state index in [1.165, 1.54) is 24.3 Å². The van der Waals surface area contributed by atoms with E-state index >= 15 is 0 Å². The van der Waals surface area contributed by atoms with Crippen LogP contribution in [0.25, 0.3) is 0 Å². The van der Waals surface area contributed by atoms with Gasteiger partial charge in [0.25, 0.3) is 17.5 Å². The van der Waals surface area contributed by atoms with Crippen molar-refractivity contribution in [3.8, 4) is 0 Å². The maximum atomic E-state index is 12.4. The first-order valence-corrected chi connectivity index (χ1v) is 7.69. The Kier molecular flexibility index (Phi) is 4.72. The van der Waals surface area contributed by atoms with Crippen LogP contribution in [0.15, 0.2) is 54.6 Å². The van der Waals surface area contributed by atoms with E-state index in [4.69, 9.17) is 0 Å². The first-order chi connectivity index (χ1) is 12.5. The molecule has 1 aliphatic heterocycles. The molecule has 0 spiro atoms. The van der Waals surface area contributed by atoms with Gasteiger partial charge in [0.1, 0.15) is 6.04 Å². The molecule has 1 heterocycles. The van der Waals surface area contributed by atoms with E-state index in [0.717, 1.165) is 4.90 Å². The Hall–Kier alpha value is -3.59. The van der Waals surface area contributed by atoms with Crippen molar-refractivity contribution in [2.45, 2.75) is 12.5 Å². The number of amides is 3. The van der Waals surface area contributed by atoms with Gasteiger partial charge < -0.3 is 0 Å². The zero-order valence-electron chi connectivity index (χ0n) is 13.4. The molecule has 0 bridgehead atoms. The number of carbonyl (C=O) groups excluding carboxylic acids is 3. The third-order valence-electron chi connectivity index (χ3n) is 3.86. The number of hydrazine groups is 1.